The van der Waals surface area contributed by atoms with Gasteiger partial charge in [0.05, 0.1) is 5.52 Å². The lowest BCUT2D eigenvalue weighted by Crippen LogP contribution is -2.03. The van der Waals surface area contributed by atoms with Crippen LogP contribution in [0.2, 0.25) is 0 Å². The number of hydrogen-bond acceptors (Lipinski definition) is 3. The van der Waals surface area contributed by atoms with Crippen LogP contribution in [0.15, 0.2) is 30.3 Å². The average molecular weight is 257 g/mol. The topological polar surface area (TPSA) is 50.9 Å². The zero-order valence-corrected chi connectivity index (χ0v) is 11.8. The zero-order valence-electron chi connectivity index (χ0n) is 11.8. The van der Waals surface area contributed by atoms with E-state index >= 15 is 0 Å². The minimum atomic E-state index is 0.781. The maximum atomic E-state index is 5.76. The van der Waals surface area contributed by atoms with Crippen molar-refractivity contribution < 1.29 is 0 Å². The molecule has 0 aliphatic carbocycles. The second-order valence-corrected chi connectivity index (χ2v) is 5.47. The maximum Gasteiger partial charge on any atom is 0.126 e. The van der Waals surface area contributed by atoms with Crippen LogP contribution < -0.4 is 11.1 Å². The van der Waals surface area contributed by atoms with E-state index in [2.05, 4.69) is 30.2 Å². The lowest BCUT2D eigenvalue weighted by Gasteiger charge is -2.08. The molecule has 0 saturated heterocycles. The molecule has 0 radical (unpaired) electrons. The van der Waals surface area contributed by atoms with Gasteiger partial charge in [-0.3, -0.25) is 0 Å². The number of hydrogen-bond donors (Lipinski definition) is 2. The summed E-state index contributed by atoms with van der Waals surface area (Å²) in [6, 6.07) is 9.89. The third-order valence-electron chi connectivity index (χ3n) is 3.23. The molecule has 1 aromatic heterocycles. The zero-order chi connectivity index (χ0) is 13.7. The van der Waals surface area contributed by atoms with Crippen molar-refractivity contribution in [2.45, 2.75) is 33.1 Å². The number of nitrogens with one attached hydrogen (secondary N) is 1. The SMILES string of the molecule is CC(C)CCCCNc1ccc2cc(N)ccc2n1. The van der Waals surface area contributed by atoms with Crippen molar-refractivity contribution in [3.05, 3.63) is 30.3 Å². The Bertz CT molecular complexity index is 535. The van der Waals surface area contributed by atoms with Crippen LogP contribution in [0.5, 0.6) is 0 Å². The van der Waals surface area contributed by atoms with E-state index in [1.54, 1.807) is 0 Å². The lowest BCUT2D eigenvalue weighted by atomic mass is 10.1. The Labute approximate surface area is 115 Å². The first-order valence-electron chi connectivity index (χ1n) is 7.05. The van der Waals surface area contributed by atoms with Crippen molar-refractivity contribution in [3.63, 3.8) is 0 Å². The second-order valence-electron chi connectivity index (χ2n) is 5.47. The Hall–Kier alpha value is -1.77. The highest BCUT2D eigenvalue weighted by molar-refractivity contribution is 5.83. The highest BCUT2D eigenvalue weighted by Gasteiger charge is 1.99. The average Bonchev–Trinajstić information content (AvgIpc) is 2.38. The molecule has 0 unspecified atom stereocenters. The molecule has 0 amide bonds. The van der Waals surface area contributed by atoms with Gasteiger partial charge < -0.3 is 11.1 Å². The van der Waals surface area contributed by atoms with Crippen LogP contribution in [0.4, 0.5) is 11.5 Å². The lowest BCUT2D eigenvalue weighted by molar-refractivity contribution is 0.544. The van der Waals surface area contributed by atoms with Crippen molar-refractivity contribution in [1.82, 2.24) is 4.98 Å². The molecular weight excluding hydrogens is 234 g/mol. The van der Waals surface area contributed by atoms with E-state index in [-0.39, 0.29) is 0 Å². The number of benzene rings is 1. The van der Waals surface area contributed by atoms with E-state index in [1.165, 1.54) is 19.3 Å². The van der Waals surface area contributed by atoms with Gasteiger partial charge >= 0.3 is 0 Å². The third kappa shape index (κ3) is 4.12. The van der Waals surface area contributed by atoms with Crippen molar-refractivity contribution in [3.8, 4) is 0 Å². The number of rotatable bonds is 6. The summed E-state index contributed by atoms with van der Waals surface area (Å²) in [7, 11) is 0. The van der Waals surface area contributed by atoms with E-state index in [4.69, 9.17) is 5.73 Å². The van der Waals surface area contributed by atoms with E-state index in [1.807, 2.05) is 24.3 Å². The monoisotopic (exact) mass is 257 g/mol. The number of anilines is 2. The van der Waals surface area contributed by atoms with Gasteiger partial charge in [0.15, 0.2) is 0 Å². The van der Waals surface area contributed by atoms with Crippen LogP contribution in [0.1, 0.15) is 33.1 Å². The van der Waals surface area contributed by atoms with Crippen molar-refractivity contribution in [2.24, 2.45) is 5.92 Å². The van der Waals surface area contributed by atoms with Crippen LogP contribution in [-0.4, -0.2) is 11.5 Å². The van der Waals surface area contributed by atoms with Gasteiger partial charge in [0.1, 0.15) is 5.82 Å². The summed E-state index contributed by atoms with van der Waals surface area (Å²) in [6.45, 7) is 5.52. The Morgan fingerprint density at radius 2 is 2.00 bits per heavy atom. The number of nitrogens with zero attached hydrogens (tertiary/aromatic N) is 1. The summed E-state index contributed by atoms with van der Waals surface area (Å²) >= 11 is 0. The minimum absolute atomic E-state index is 0.781. The standard InChI is InChI=1S/C16H23N3/c1-12(2)5-3-4-10-18-16-9-6-13-11-14(17)7-8-15(13)19-16/h6-9,11-12H,3-5,10,17H2,1-2H3,(H,18,19). The summed E-state index contributed by atoms with van der Waals surface area (Å²) in [5.41, 5.74) is 7.52. The van der Waals surface area contributed by atoms with Crippen LogP contribution in [0.25, 0.3) is 10.9 Å². The molecular formula is C16H23N3. The first-order valence-corrected chi connectivity index (χ1v) is 7.05. The molecule has 0 saturated carbocycles. The number of pyridine rings is 1. The third-order valence-corrected chi connectivity index (χ3v) is 3.23. The number of fused-ring (bicyclic) bond motifs is 1. The first kappa shape index (κ1) is 13.7. The van der Waals surface area contributed by atoms with Crippen molar-refractivity contribution in [1.29, 1.82) is 0 Å². The number of unbranched alkanes of at least 4 members (excludes halogenated alkanes) is 1. The molecule has 0 bridgehead atoms. The molecule has 1 heterocycles. The Morgan fingerprint density at radius 1 is 1.16 bits per heavy atom. The Balaban J connectivity index is 1.89. The molecule has 3 heteroatoms. The van der Waals surface area contributed by atoms with Crippen LogP contribution >= 0.6 is 0 Å². The number of aromatic nitrogens is 1. The molecule has 1 aromatic carbocycles. The van der Waals surface area contributed by atoms with Gasteiger partial charge in [0.2, 0.25) is 0 Å². The molecule has 102 valence electrons. The molecule has 0 atom stereocenters. The predicted molar refractivity (Wildman–Crippen MR) is 83.3 cm³/mol. The smallest absolute Gasteiger partial charge is 0.126 e. The highest BCUT2D eigenvalue weighted by Crippen LogP contribution is 2.18. The van der Waals surface area contributed by atoms with Crippen LogP contribution in [0.3, 0.4) is 0 Å². The molecule has 0 spiro atoms. The molecule has 0 aliphatic heterocycles. The van der Waals surface area contributed by atoms with E-state index in [0.29, 0.717) is 0 Å². The van der Waals surface area contributed by atoms with Crippen LogP contribution in [0, 0.1) is 5.92 Å². The first-order chi connectivity index (χ1) is 9.15. The minimum Gasteiger partial charge on any atom is -0.399 e. The summed E-state index contributed by atoms with van der Waals surface area (Å²) in [4.78, 5) is 4.58. The molecule has 2 aromatic rings. The van der Waals surface area contributed by atoms with E-state index in [9.17, 15) is 0 Å². The van der Waals surface area contributed by atoms with Crippen molar-refractivity contribution in [2.75, 3.05) is 17.6 Å². The fraction of sp³-hybridized carbons (Fsp3) is 0.438. The molecule has 0 fully saturated rings. The Morgan fingerprint density at radius 3 is 2.79 bits per heavy atom. The molecule has 3 N–H and O–H groups in total. The van der Waals surface area contributed by atoms with Gasteiger partial charge in [-0.2, -0.15) is 0 Å². The second kappa shape index (κ2) is 6.41. The number of nitrogen functional groups attached to an aromatic ring is 1. The van der Waals surface area contributed by atoms with Gasteiger partial charge in [-0.05, 0) is 42.7 Å². The fourth-order valence-corrected chi connectivity index (χ4v) is 2.14. The van der Waals surface area contributed by atoms with Gasteiger partial charge in [0, 0.05) is 17.6 Å². The Kier molecular flexibility index (Phi) is 4.61. The predicted octanol–water partition coefficient (Wildman–Crippen LogP) is 4.06. The summed E-state index contributed by atoms with van der Waals surface area (Å²) in [6.07, 6.45) is 3.76. The highest BCUT2D eigenvalue weighted by atomic mass is 15.0. The molecule has 3 nitrogen and oxygen atoms in total. The largest absolute Gasteiger partial charge is 0.399 e. The van der Waals surface area contributed by atoms with Gasteiger partial charge in [-0.25, -0.2) is 4.98 Å². The summed E-state index contributed by atoms with van der Waals surface area (Å²) in [5.74, 6) is 1.74. The quantitative estimate of drug-likeness (QED) is 0.606. The fourth-order valence-electron chi connectivity index (χ4n) is 2.14. The maximum absolute atomic E-state index is 5.76. The van der Waals surface area contributed by atoms with Gasteiger partial charge in [-0.1, -0.05) is 26.7 Å². The number of nitrogens with two attached hydrogens (primary N) is 1. The summed E-state index contributed by atoms with van der Waals surface area (Å²) < 4.78 is 0. The summed E-state index contributed by atoms with van der Waals surface area (Å²) in [5, 5.41) is 4.47. The normalized spacial score (nSPS) is 11.1. The van der Waals surface area contributed by atoms with Crippen LogP contribution in [-0.2, 0) is 0 Å². The van der Waals surface area contributed by atoms with E-state index in [0.717, 1.165) is 34.9 Å². The van der Waals surface area contributed by atoms with E-state index < -0.39 is 0 Å². The van der Waals surface area contributed by atoms with Gasteiger partial charge in [0.25, 0.3) is 0 Å². The molecule has 19 heavy (non-hydrogen) atoms. The van der Waals surface area contributed by atoms with Crippen molar-refractivity contribution >= 4 is 22.4 Å². The van der Waals surface area contributed by atoms with Gasteiger partial charge in [-0.15, -0.1) is 0 Å². The molecule has 0 aliphatic rings. The molecule has 2 rings (SSSR count).